The smallest absolute Gasteiger partial charge is 0.255 e. The molecule has 1 aromatic rings. The monoisotopic (exact) mass is 491 g/mol. The van der Waals surface area contributed by atoms with Gasteiger partial charge in [0.05, 0.1) is 5.69 Å². The number of aliphatic hydroxyl groups is 1. The highest BCUT2D eigenvalue weighted by Crippen LogP contribution is 2.63. The van der Waals surface area contributed by atoms with Crippen LogP contribution in [-0.4, -0.2) is 59.6 Å². The molecule has 188 valence electrons. The maximum absolute atomic E-state index is 14.0. The summed E-state index contributed by atoms with van der Waals surface area (Å²) in [5.41, 5.74) is 8.20. The lowest BCUT2D eigenvalue weighted by atomic mass is 9.62. The Hall–Kier alpha value is -3.46. The van der Waals surface area contributed by atoms with Crippen LogP contribution in [0.5, 0.6) is 0 Å². The number of hydrogen-bond donors (Lipinski definition) is 2. The van der Waals surface area contributed by atoms with E-state index in [0.29, 0.717) is 36.3 Å². The van der Waals surface area contributed by atoms with Gasteiger partial charge in [0.1, 0.15) is 11.3 Å². The van der Waals surface area contributed by atoms with E-state index in [1.165, 1.54) is 0 Å². The lowest BCUT2D eigenvalue weighted by Gasteiger charge is -2.42. The molecule has 6 rings (SSSR count). The molecule has 1 fully saturated rings. The number of primary amides is 1. The van der Waals surface area contributed by atoms with Crippen LogP contribution in [0.2, 0.25) is 0 Å². The van der Waals surface area contributed by atoms with Gasteiger partial charge in [0, 0.05) is 43.0 Å². The van der Waals surface area contributed by atoms with Gasteiger partial charge in [0.25, 0.3) is 5.91 Å². The molecule has 1 spiro atoms. The predicted octanol–water partition coefficient (Wildman–Crippen LogP) is 2.02. The number of hydrogen-bond acceptors (Lipinski definition) is 7. The first-order valence-electron chi connectivity index (χ1n) is 12.3. The van der Waals surface area contributed by atoms with Gasteiger partial charge in [0.15, 0.2) is 11.5 Å². The molecule has 2 amide bonds. The summed E-state index contributed by atoms with van der Waals surface area (Å²) in [5.74, 6) is -2.47. The van der Waals surface area contributed by atoms with Gasteiger partial charge < -0.3 is 25.4 Å². The molecule has 0 saturated carbocycles. The number of allylic oxidation sites excluding steroid dienone is 2. The molecule has 2 aliphatic heterocycles. The molecule has 4 atom stereocenters. The summed E-state index contributed by atoms with van der Waals surface area (Å²) >= 11 is 0. The number of epoxide rings is 1. The number of fused-ring (bicyclic) bond motifs is 4. The van der Waals surface area contributed by atoms with Crippen molar-refractivity contribution in [3.8, 4) is 0 Å². The zero-order valence-electron chi connectivity index (χ0n) is 20.8. The van der Waals surface area contributed by atoms with E-state index in [-0.39, 0.29) is 41.7 Å². The number of ether oxygens (including phenoxy) is 1. The van der Waals surface area contributed by atoms with E-state index in [4.69, 9.17) is 10.5 Å². The first kappa shape index (κ1) is 23.0. The van der Waals surface area contributed by atoms with Crippen LogP contribution >= 0.6 is 0 Å². The number of aryl methyl sites for hydroxylation is 1. The molecule has 0 bridgehead atoms. The summed E-state index contributed by atoms with van der Waals surface area (Å²) in [6.45, 7) is 4.04. The number of nitrogens with two attached hydrogens (primary N) is 1. The number of rotatable bonds is 2. The van der Waals surface area contributed by atoms with Crippen LogP contribution in [0, 0.1) is 18.8 Å². The molecule has 9 nitrogen and oxygen atoms in total. The van der Waals surface area contributed by atoms with Crippen molar-refractivity contribution in [3.63, 3.8) is 0 Å². The van der Waals surface area contributed by atoms with Crippen molar-refractivity contribution >= 4 is 29.1 Å². The Morgan fingerprint density at radius 3 is 2.61 bits per heavy atom. The van der Waals surface area contributed by atoms with Gasteiger partial charge in [-0.2, -0.15) is 0 Å². The van der Waals surface area contributed by atoms with Gasteiger partial charge >= 0.3 is 0 Å². The molecule has 3 N–H and O–H groups in total. The van der Waals surface area contributed by atoms with Crippen LogP contribution in [0.1, 0.15) is 59.3 Å². The first-order valence-corrected chi connectivity index (χ1v) is 12.3. The number of Topliss-reactive ketones (excluding diaryl/α,β-unsaturated/α-hetero) is 2. The van der Waals surface area contributed by atoms with Crippen molar-refractivity contribution in [1.29, 1.82) is 0 Å². The lowest BCUT2D eigenvalue weighted by Crippen LogP contribution is -2.47. The average Bonchev–Trinajstić information content (AvgIpc) is 3.53. The largest absolute Gasteiger partial charge is 0.511 e. The zero-order valence-corrected chi connectivity index (χ0v) is 20.8. The fourth-order valence-electron chi connectivity index (χ4n) is 7.16. The van der Waals surface area contributed by atoms with E-state index in [0.717, 1.165) is 28.8 Å². The molecule has 2 heterocycles. The summed E-state index contributed by atoms with van der Waals surface area (Å²) in [7, 11) is 4.04. The first-order chi connectivity index (χ1) is 17.0. The second-order valence-electron chi connectivity index (χ2n) is 10.9. The van der Waals surface area contributed by atoms with Gasteiger partial charge in [0.2, 0.25) is 17.3 Å². The number of carbonyl (C=O) groups is 4. The minimum atomic E-state index is -1.38. The molecule has 9 heteroatoms. The Bertz CT molecular complexity index is 1370. The van der Waals surface area contributed by atoms with Gasteiger partial charge in [-0.3, -0.25) is 19.2 Å². The van der Waals surface area contributed by atoms with Crippen LogP contribution in [0.15, 0.2) is 28.7 Å². The minimum absolute atomic E-state index is 0.0591. The lowest BCUT2D eigenvalue weighted by molar-refractivity contribution is -0.127. The number of ketones is 2. The number of anilines is 1. The van der Waals surface area contributed by atoms with E-state index >= 15 is 0 Å². The summed E-state index contributed by atoms with van der Waals surface area (Å²) in [6.07, 6.45) is 1.88. The molecule has 3 unspecified atom stereocenters. The van der Waals surface area contributed by atoms with Crippen LogP contribution < -0.4 is 10.6 Å². The Labute approximate surface area is 208 Å². The van der Waals surface area contributed by atoms with Gasteiger partial charge in [-0.1, -0.05) is 6.07 Å². The van der Waals surface area contributed by atoms with Gasteiger partial charge in [-0.15, -0.1) is 0 Å². The highest BCUT2D eigenvalue weighted by atomic mass is 16.6. The maximum Gasteiger partial charge on any atom is 0.255 e. The van der Waals surface area contributed by atoms with Crippen LogP contribution in [0.4, 0.5) is 5.69 Å². The normalized spacial score (nSPS) is 30.2. The molecule has 1 saturated heterocycles. The fraction of sp³-hybridized carbons (Fsp3) is 0.481. The van der Waals surface area contributed by atoms with Crippen molar-refractivity contribution in [3.05, 3.63) is 51.0 Å². The van der Waals surface area contributed by atoms with Crippen LogP contribution in [0.25, 0.3) is 0 Å². The van der Waals surface area contributed by atoms with E-state index in [1.54, 1.807) is 11.8 Å². The Kier molecular flexibility index (Phi) is 4.65. The second-order valence-corrected chi connectivity index (χ2v) is 10.9. The molecule has 3 aliphatic carbocycles. The Morgan fingerprint density at radius 2 is 1.97 bits per heavy atom. The Balaban J connectivity index is 1.52. The summed E-state index contributed by atoms with van der Waals surface area (Å²) in [4.78, 5) is 55.7. The number of carbonyl (C=O) groups excluding carboxylic acids is 4. The van der Waals surface area contributed by atoms with Crippen molar-refractivity contribution in [1.82, 2.24) is 4.90 Å². The number of aliphatic hydroxyl groups excluding tert-OH is 1. The van der Waals surface area contributed by atoms with E-state index in [9.17, 15) is 24.3 Å². The average molecular weight is 492 g/mol. The van der Waals surface area contributed by atoms with Crippen molar-refractivity contribution in [2.24, 2.45) is 17.6 Å². The minimum Gasteiger partial charge on any atom is -0.511 e. The third kappa shape index (κ3) is 2.74. The van der Waals surface area contributed by atoms with Crippen LogP contribution in [0.3, 0.4) is 0 Å². The molecular formula is C27H29N3O6. The predicted molar refractivity (Wildman–Crippen MR) is 129 cm³/mol. The molecule has 0 aromatic heterocycles. The van der Waals surface area contributed by atoms with E-state index < -0.39 is 22.9 Å². The summed E-state index contributed by atoms with van der Waals surface area (Å²) in [6, 6.07) is 2.15. The highest BCUT2D eigenvalue weighted by molar-refractivity contribution is 6.26. The van der Waals surface area contributed by atoms with Gasteiger partial charge in [-0.25, -0.2) is 0 Å². The summed E-state index contributed by atoms with van der Waals surface area (Å²) < 4.78 is 5.91. The Morgan fingerprint density at radius 1 is 1.25 bits per heavy atom. The van der Waals surface area contributed by atoms with E-state index in [2.05, 4.69) is 4.90 Å². The molecule has 36 heavy (non-hydrogen) atoms. The molecule has 0 radical (unpaired) electrons. The quantitative estimate of drug-likeness (QED) is 0.478. The summed E-state index contributed by atoms with van der Waals surface area (Å²) in [5, 5.41) is 10.4. The van der Waals surface area contributed by atoms with Crippen molar-refractivity contribution in [2.75, 3.05) is 25.5 Å². The third-order valence-electron chi connectivity index (χ3n) is 8.70. The molecular weight excluding hydrogens is 462 g/mol. The van der Waals surface area contributed by atoms with Crippen molar-refractivity contribution in [2.45, 2.75) is 51.2 Å². The number of nitrogens with zero attached hydrogens (tertiary/aromatic N) is 2. The van der Waals surface area contributed by atoms with Crippen molar-refractivity contribution < 1.29 is 29.0 Å². The maximum atomic E-state index is 14.0. The topological polar surface area (TPSA) is 134 Å². The van der Waals surface area contributed by atoms with Gasteiger partial charge in [-0.05, 0) is 62.9 Å². The standard InChI is InChI=1S/C27H29N3O6/c1-11-7-15-17(29(3)4)5-6-30(12(2)31)22(15)16-9-13-8-14-10-18(32)21(26(28)35)24(34)27(14)25(36-27)20(13)23(33)19(11)16/h7,13-14,17,32H,5-6,8-10H2,1-4H3,(H2,28,35)/t13?,14?,17?,27-/m1/s1. The SMILES string of the molecule is CC(=O)N1CCC(N(C)C)c2cc(C)c3c(c21)CC1CC2CC(O)=C(C(N)=O)C(=O)[C@]24OC4=C1C3=O. The number of amides is 2. The molecule has 5 aliphatic rings. The van der Waals surface area contributed by atoms with Crippen LogP contribution in [-0.2, 0) is 25.5 Å². The number of benzene rings is 1. The highest BCUT2D eigenvalue weighted by Gasteiger charge is 2.72. The molecule has 1 aromatic carbocycles. The third-order valence-corrected chi connectivity index (χ3v) is 8.70. The van der Waals surface area contributed by atoms with E-state index in [1.807, 2.05) is 27.1 Å². The second kappa shape index (κ2) is 7.29. The zero-order chi connectivity index (χ0) is 25.8. The fourth-order valence-corrected chi connectivity index (χ4v) is 7.16.